The van der Waals surface area contributed by atoms with Crippen molar-refractivity contribution in [2.24, 2.45) is 0 Å². The lowest BCUT2D eigenvalue weighted by molar-refractivity contribution is 0.338. The van der Waals surface area contributed by atoms with Gasteiger partial charge in [0.15, 0.2) is 0 Å². The summed E-state index contributed by atoms with van der Waals surface area (Å²) in [7, 11) is -5.56. The number of halogens is 6. The van der Waals surface area contributed by atoms with E-state index in [0.29, 0.717) is 0 Å². The maximum Gasteiger partial charge on any atom is 0.299 e. The largest absolute Gasteiger partial charge is 0.425 e. The zero-order chi connectivity index (χ0) is 18.8. The summed E-state index contributed by atoms with van der Waals surface area (Å²) in [4.78, 5) is 0. The lowest BCUT2D eigenvalue weighted by Crippen LogP contribution is -2.52. The number of rotatable bonds is 0. The first-order valence-electron chi connectivity index (χ1n) is 7.24. The van der Waals surface area contributed by atoms with Crippen LogP contribution in [0.5, 0.6) is 0 Å². The van der Waals surface area contributed by atoms with Crippen molar-refractivity contribution in [3.05, 3.63) is 0 Å². The third-order valence-electron chi connectivity index (χ3n) is 3.10. The van der Waals surface area contributed by atoms with Crippen LogP contribution in [0, 0.1) is 0 Å². The Labute approximate surface area is 191 Å². The highest BCUT2D eigenvalue weighted by Crippen LogP contribution is 2.39. The Balaban J connectivity index is 0.000000251. The van der Waals surface area contributed by atoms with Gasteiger partial charge in [-0.15, -0.1) is 69.6 Å². The molecule has 2 aliphatic rings. The van der Waals surface area contributed by atoms with Gasteiger partial charge in [0.1, 0.15) is 0 Å². The van der Waals surface area contributed by atoms with Gasteiger partial charge in [0.05, 0.1) is 32.3 Å². The summed E-state index contributed by atoms with van der Waals surface area (Å²) in [6, 6.07) is 0. The molecular weight excluding hydrogens is 561 g/mol. The number of alkyl halides is 6. The van der Waals surface area contributed by atoms with Gasteiger partial charge in [-0.1, -0.05) is 0 Å². The molecule has 2 fully saturated rings. The van der Waals surface area contributed by atoms with Gasteiger partial charge < -0.3 is 24.7 Å². The average Bonchev–Trinajstić information content (AvgIpc) is 2.60. The number of hydrogen-bond donors (Lipinski definition) is 0. The summed E-state index contributed by atoms with van der Waals surface area (Å²) in [5.41, 5.74) is 0. The van der Waals surface area contributed by atoms with Crippen LogP contribution in [0.15, 0.2) is 0 Å². The first kappa shape index (κ1) is 25.8. The van der Waals surface area contributed by atoms with E-state index in [1.54, 1.807) is 0 Å². The van der Waals surface area contributed by atoms with Gasteiger partial charge in [-0.05, 0) is 6.55 Å². The summed E-state index contributed by atoms with van der Waals surface area (Å²) in [6.45, 7) is 2.00. The Hall–Kier alpha value is 2.80. The summed E-state index contributed by atoms with van der Waals surface area (Å²) >= 11 is 35.3. The molecular formula is C7H20Cl6O6Si6. The minimum absolute atomic E-state index is 0.437. The highest BCUT2D eigenvalue weighted by molar-refractivity contribution is 6.58. The van der Waals surface area contributed by atoms with Gasteiger partial charge in [0, 0.05) is 0 Å². The summed E-state index contributed by atoms with van der Waals surface area (Å²) in [5, 5.41) is -2.62. The lowest BCUT2D eigenvalue weighted by atomic mass is 9.97. The lowest BCUT2D eigenvalue weighted by Gasteiger charge is -2.37. The van der Waals surface area contributed by atoms with Gasteiger partial charge in [-0.3, -0.25) is 0 Å². The molecule has 1 saturated carbocycles. The van der Waals surface area contributed by atoms with E-state index in [1.165, 1.54) is 0 Å². The Kier molecular flexibility index (Phi) is 15.2. The van der Waals surface area contributed by atoms with Crippen LogP contribution >= 0.6 is 69.6 Å². The Morgan fingerprint density at radius 3 is 1.04 bits per heavy atom. The molecule has 0 aromatic heterocycles. The van der Waals surface area contributed by atoms with Crippen molar-refractivity contribution in [1.82, 2.24) is 0 Å². The monoisotopic (exact) mass is 578 g/mol. The molecule has 150 valence electrons. The maximum absolute atomic E-state index is 5.88. The predicted molar refractivity (Wildman–Crippen MR) is 120 cm³/mol. The Morgan fingerprint density at radius 1 is 0.520 bits per heavy atom. The highest BCUT2D eigenvalue weighted by Gasteiger charge is 2.46. The van der Waals surface area contributed by atoms with Crippen LogP contribution in [-0.4, -0.2) is 91.6 Å². The Morgan fingerprint density at radius 2 is 0.760 bits per heavy atom. The zero-order valence-corrected chi connectivity index (χ0v) is 26.1. The molecule has 0 aromatic rings. The van der Waals surface area contributed by atoms with Crippen LogP contribution in [0.2, 0.25) is 6.55 Å². The van der Waals surface area contributed by atoms with Crippen molar-refractivity contribution in [2.45, 2.75) is 38.8 Å². The van der Waals surface area contributed by atoms with E-state index in [2.05, 4.69) is 0 Å². The molecule has 1 heterocycles. The van der Waals surface area contributed by atoms with Gasteiger partial charge >= 0.3 is 0 Å². The first-order chi connectivity index (χ1) is 11.9. The van der Waals surface area contributed by atoms with Gasteiger partial charge in [0.25, 0.3) is 59.3 Å². The summed E-state index contributed by atoms with van der Waals surface area (Å²) in [5.74, 6) is 0. The van der Waals surface area contributed by atoms with E-state index >= 15 is 0 Å². The van der Waals surface area contributed by atoms with Crippen molar-refractivity contribution in [3.63, 3.8) is 0 Å². The minimum Gasteiger partial charge on any atom is -0.425 e. The van der Waals surface area contributed by atoms with Crippen LogP contribution in [0.1, 0.15) is 0 Å². The second-order valence-electron chi connectivity index (χ2n) is 4.97. The third-order valence-corrected chi connectivity index (χ3v) is 17.3. The molecule has 18 heteroatoms. The average molecular weight is 581 g/mol. The summed E-state index contributed by atoms with van der Waals surface area (Å²) < 4.78 is 32.1. The SMILES string of the molecule is C[SiH]1O[SiH2]O[SiH2]O[SiH2]O[SiH2]O[SiH2]O1.Cl[C@H]1[C@H](Cl)[C@@H](Cl)[C@@H](Cl)[C@H](Cl)[C@H]1Cl. The molecule has 0 atom stereocenters. The molecule has 0 radical (unpaired) electrons. The third kappa shape index (κ3) is 9.90. The van der Waals surface area contributed by atoms with Crippen molar-refractivity contribution < 1.29 is 24.7 Å². The molecule has 2 rings (SSSR count). The number of hydrogen-bond acceptors (Lipinski definition) is 6. The van der Waals surface area contributed by atoms with Gasteiger partial charge in [0.2, 0.25) is 0 Å². The normalized spacial score (nSPS) is 46.4. The first-order valence-corrected chi connectivity index (χ1v) is 17.7. The van der Waals surface area contributed by atoms with Crippen molar-refractivity contribution >= 4 is 129 Å². The van der Waals surface area contributed by atoms with Gasteiger partial charge in [-0.2, -0.15) is 0 Å². The fourth-order valence-corrected chi connectivity index (χ4v) is 15.0. The Bertz CT molecular complexity index is 299. The maximum atomic E-state index is 5.88. The molecule has 6 nitrogen and oxygen atoms in total. The van der Waals surface area contributed by atoms with E-state index < -0.39 is 91.6 Å². The van der Waals surface area contributed by atoms with Crippen LogP contribution in [0.4, 0.5) is 0 Å². The zero-order valence-electron chi connectivity index (χ0n) is 13.3. The predicted octanol–water partition coefficient (Wildman–Crippen LogP) is -1.41. The van der Waals surface area contributed by atoms with Crippen LogP contribution in [-0.2, 0) is 24.7 Å². The smallest absolute Gasteiger partial charge is 0.299 e. The van der Waals surface area contributed by atoms with Crippen LogP contribution in [0.25, 0.3) is 0 Å². The molecule has 0 N–H and O–H groups in total. The minimum atomic E-state index is -1.43. The standard InChI is InChI=1S/C6H6Cl6.CH14O6Si6/c7-1-2(8)4(10)6(12)5(11)3(1)9;1-13-6-11-4-9-2-8-3-10-5-12-7-13/h1-6H;13H,8-12H2,1H3/t1-,2-,3-,4+,5+,6+;. The summed E-state index contributed by atoms with van der Waals surface area (Å²) in [6.07, 6.45) is 0. The molecule has 0 bridgehead atoms. The molecule has 0 spiro atoms. The van der Waals surface area contributed by atoms with E-state index in [1.807, 2.05) is 6.55 Å². The van der Waals surface area contributed by atoms with E-state index in [-0.39, 0.29) is 0 Å². The molecule has 1 aliphatic carbocycles. The van der Waals surface area contributed by atoms with Crippen molar-refractivity contribution in [1.29, 1.82) is 0 Å². The van der Waals surface area contributed by atoms with E-state index in [0.717, 1.165) is 0 Å². The second-order valence-corrected chi connectivity index (χ2v) is 19.5. The topological polar surface area (TPSA) is 55.4 Å². The molecule has 0 aromatic carbocycles. The van der Waals surface area contributed by atoms with Crippen molar-refractivity contribution in [2.75, 3.05) is 0 Å². The molecule has 0 amide bonds. The fraction of sp³-hybridized carbons (Fsp3) is 1.00. The molecule has 1 aliphatic heterocycles. The van der Waals surface area contributed by atoms with Crippen molar-refractivity contribution in [3.8, 4) is 0 Å². The van der Waals surface area contributed by atoms with E-state index in [9.17, 15) is 0 Å². The van der Waals surface area contributed by atoms with Crippen LogP contribution < -0.4 is 0 Å². The fourth-order valence-electron chi connectivity index (χ4n) is 1.70. The van der Waals surface area contributed by atoms with E-state index in [4.69, 9.17) is 94.3 Å². The van der Waals surface area contributed by atoms with Crippen LogP contribution in [0.3, 0.4) is 0 Å². The molecule has 1 saturated heterocycles. The van der Waals surface area contributed by atoms with Gasteiger partial charge in [-0.25, -0.2) is 0 Å². The molecule has 0 unspecified atom stereocenters. The molecule has 25 heavy (non-hydrogen) atoms. The second kappa shape index (κ2) is 14.7. The quantitative estimate of drug-likeness (QED) is 0.259. The highest BCUT2D eigenvalue weighted by atomic mass is 35.5.